The minimum Gasteiger partial charge on any atom is -0.334 e. The van der Waals surface area contributed by atoms with Crippen LogP contribution in [0.15, 0.2) is 12.4 Å². The van der Waals surface area contributed by atoms with Crippen molar-refractivity contribution in [3.63, 3.8) is 0 Å². The van der Waals surface area contributed by atoms with Gasteiger partial charge in [-0.25, -0.2) is 4.98 Å². The Balaban J connectivity index is 2.69. The Bertz CT molecular complexity index is 252. The highest BCUT2D eigenvalue weighted by Crippen LogP contribution is 2.10. The molecule has 1 aromatic heterocycles. The zero-order valence-electron chi connectivity index (χ0n) is 8.91. The van der Waals surface area contributed by atoms with Crippen LogP contribution in [0.4, 0.5) is 0 Å². The maximum atomic E-state index is 4.34. The zero-order valence-corrected chi connectivity index (χ0v) is 8.91. The van der Waals surface area contributed by atoms with Crippen molar-refractivity contribution in [1.82, 2.24) is 14.9 Å². The second-order valence-electron chi connectivity index (χ2n) is 3.61. The van der Waals surface area contributed by atoms with Crippen LogP contribution in [0.3, 0.4) is 0 Å². The molecule has 0 saturated carbocycles. The Morgan fingerprint density at radius 2 is 2.15 bits per heavy atom. The molecule has 1 heterocycles. The molecule has 3 nitrogen and oxygen atoms in total. The van der Waals surface area contributed by atoms with Gasteiger partial charge in [0.15, 0.2) is 0 Å². The van der Waals surface area contributed by atoms with Crippen molar-refractivity contribution in [3.8, 4) is 0 Å². The molecular weight excluding hydrogens is 162 g/mol. The molecule has 3 heteroatoms. The summed E-state index contributed by atoms with van der Waals surface area (Å²) < 4.78 is 2.17. The predicted molar refractivity (Wildman–Crippen MR) is 54.6 cm³/mol. The number of nitrogens with one attached hydrogen (secondary N) is 1. The molecule has 0 unspecified atom stereocenters. The second-order valence-corrected chi connectivity index (χ2v) is 3.61. The van der Waals surface area contributed by atoms with E-state index in [2.05, 4.69) is 42.6 Å². The van der Waals surface area contributed by atoms with Gasteiger partial charge in [-0.2, -0.15) is 0 Å². The highest BCUT2D eigenvalue weighted by atomic mass is 15.1. The van der Waals surface area contributed by atoms with E-state index >= 15 is 0 Å². The van der Waals surface area contributed by atoms with Crippen LogP contribution in [-0.4, -0.2) is 15.6 Å². The number of aryl methyl sites for hydroxylation is 1. The topological polar surface area (TPSA) is 29.9 Å². The molecule has 0 aliphatic rings. The van der Waals surface area contributed by atoms with Crippen LogP contribution in [0.2, 0.25) is 0 Å². The molecule has 0 fully saturated rings. The van der Waals surface area contributed by atoms with Crippen LogP contribution in [0.25, 0.3) is 0 Å². The first-order valence-corrected chi connectivity index (χ1v) is 4.92. The molecule has 0 amide bonds. The summed E-state index contributed by atoms with van der Waals surface area (Å²) in [5.41, 5.74) is 0. The van der Waals surface area contributed by atoms with Gasteiger partial charge in [0.2, 0.25) is 0 Å². The standard InChI is InChI=1S/C10H19N3/c1-5-13-7-6-11-10(13)9(4)12-8(2)3/h6-9,12H,5H2,1-4H3/t9-/m1/s1. The third kappa shape index (κ3) is 2.56. The monoisotopic (exact) mass is 181 g/mol. The Kier molecular flexibility index (Phi) is 3.48. The van der Waals surface area contributed by atoms with E-state index in [-0.39, 0.29) is 0 Å². The summed E-state index contributed by atoms with van der Waals surface area (Å²) in [7, 11) is 0. The quantitative estimate of drug-likeness (QED) is 0.769. The lowest BCUT2D eigenvalue weighted by atomic mass is 10.2. The summed E-state index contributed by atoms with van der Waals surface area (Å²) in [4.78, 5) is 4.34. The average molecular weight is 181 g/mol. The molecule has 1 aromatic rings. The van der Waals surface area contributed by atoms with Crippen molar-refractivity contribution in [2.45, 2.75) is 46.3 Å². The molecular formula is C10H19N3. The van der Waals surface area contributed by atoms with Crippen molar-refractivity contribution in [2.75, 3.05) is 0 Å². The molecule has 0 aromatic carbocycles. The van der Waals surface area contributed by atoms with E-state index in [0.29, 0.717) is 12.1 Å². The lowest BCUT2D eigenvalue weighted by Crippen LogP contribution is -2.28. The largest absolute Gasteiger partial charge is 0.334 e. The van der Waals surface area contributed by atoms with Crippen LogP contribution in [0.1, 0.15) is 39.6 Å². The number of rotatable bonds is 4. The van der Waals surface area contributed by atoms with Gasteiger partial charge in [0.05, 0.1) is 6.04 Å². The number of hydrogen-bond donors (Lipinski definition) is 1. The lowest BCUT2D eigenvalue weighted by molar-refractivity contribution is 0.470. The molecule has 0 bridgehead atoms. The van der Waals surface area contributed by atoms with E-state index in [4.69, 9.17) is 0 Å². The molecule has 13 heavy (non-hydrogen) atoms. The molecule has 0 aliphatic heterocycles. The fourth-order valence-corrected chi connectivity index (χ4v) is 1.54. The highest BCUT2D eigenvalue weighted by molar-refractivity contribution is 4.98. The van der Waals surface area contributed by atoms with E-state index in [1.807, 2.05) is 12.4 Å². The van der Waals surface area contributed by atoms with Crippen molar-refractivity contribution in [3.05, 3.63) is 18.2 Å². The van der Waals surface area contributed by atoms with E-state index < -0.39 is 0 Å². The van der Waals surface area contributed by atoms with Crippen molar-refractivity contribution >= 4 is 0 Å². The fraction of sp³-hybridized carbons (Fsp3) is 0.700. The van der Waals surface area contributed by atoms with Gasteiger partial charge in [-0.15, -0.1) is 0 Å². The third-order valence-electron chi connectivity index (χ3n) is 2.06. The van der Waals surface area contributed by atoms with Gasteiger partial charge in [0.1, 0.15) is 5.82 Å². The van der Waals surface area contributed by atoms with E-state index in [9.17, 15) is 0 Å². The molecule has 74 valence electrons. The van der Waals surface area contributed by atoms with Gasteiger partial charge < -0.3 is 9.88 Å². The van der Waals surface area contributed by atoms with Crippen molar-refractivity contribution in [1.29, 1.82) is 0 Å². The Morgan fingerprint density at radius 1 is 1.46 bits per heavy atom. The maximum absolute atomic E-state index is 4.34. The first-order valence-electron chi connectivity index (χ1n) is 4.92. The van der Waals surface area contributed by atoms with Gasteiger partial charge in [-0.1, -0.05) is 13.8 Å². The molecule has 1 N–H and O–H groups in total. The zero-order chi connectivity index (χ0) is 9.84. The normalized spacial score (nSPS) is 13.6. The SMILES string of the molecule is CCn1ccnc1[C@@H](C)NC(C)C. The number of aromatic nitrogens is 2. The van der Waals surface area contributed by atoms with E-state index in [1.54, 1.807) is 0 Å². The Hall–Kier alpha value is -0.830. The van der Waals surface area contributed by atoms with Crippen LogP contribution >= 0.6 is 0 Å². The third-order valence-corrected chi connectivity index (χ3v) is 2.06. The van der Waals surface area contributed by atoms with E-state index in [1.165, 1.54) is 0 Å². The van der Waals surface area contributed by atoms with Gasteiger partial charge in [0, 0.05) is 25.0 Å². The maximum Gasteiger partial charge on any atom is 0.125 e. The molecule has 0 saturated heterocycles. The summed E-state index contributed by atoms with van der Waals surface area (Å²) in [5, 5.41) is 3.44. The second kappa shape index (κ2) is 4.42. The first kappa shape index (κ1) is 10.3. The Labute approximate surface area is 80.2 Å². The molecule has 0 radical (unpaired) electrons. The number of imidazole rings is 1. The number of hydrogen-bond acceptors (Lipinski definition) is 2. The smallest absolute Gasteiger partial charge is 0.125 e. The molecule has 1 rings (SSSR count). The van der Waals surface area contributed by atoms with Gasteiger partial charge >= 0.3 is 0 Å². The summed E-state index contributed by atoms with van der Waals surface area (Å²) in [6.45, 7) is 9.56. The minimum atomic E-state index is 0.329. The van der Waals surface area contributed by atoms with E-state index in [0.717, 1.165) is 12.4 Å². The van der Waals surface area contributed by atoms with Crippen molar-refractivity contribution in [2.24, 2.45) is 0 Å². The predicted octanol–water partition coefficient (Wildman–Crippen LogP) is 1.96. The van der Waals surface area contributed by atoms with Crippen LogP contribution < -0.4 is 5.32 Å². The number of nitrogens with zero attached hydrogens (tertiary/aromatic N) is 2. The summed E-state index contributed by atoms with van der Waals surface area (Å²) in [5.74, 6) is 1.12. The molecule has 1 atom stereocenters. The van der Waals surface area contributed by atoms with Crippen LogP contribution in [-0.2, 0) is 6.54 Å². The summed E-state index contributed by atoms with van der Waals surface area (Å²) in [6, 6.07) is 0.826. The Morgan fingerprint density at radius 3 is 2.69 bits per heavy atom. The van der Waals surface area contributed by atoms with Gasteiger partial charge in [-0.05, 0) is 13.8 Å². The highest BCUT2D eigenvalue weighted by Gasteiger charge is 2.11. The minimum absolute atomic E-state index is 0.329. The average Bonchev–Trinajstić information content (AvgIpc) is 2.49. The molecule has 0 aliphatic carbocycles. The van der Waals surface area contributed by atoms with Crippen LogP contribution in [0.5, 0.6) is 0 Å². The summed E-state index contributed by atoms with van der Waals surface area (Å²) in [6.07, 6.45) is 3.88. The van der Waals surface area contributed by atoms with Gasteiger partial charge in [-0.3, -0.25) is 0 Å². The van der Waals surface area contributed by atoms with Crippen LogP contribution in [0, 0.1) is 0 Å². The lowest BCUT2D eigenvalue weighted by Gasteiger charge is -2.17. The summed E-state index contributed by atoms with van der Waals surface area (Å²) >= 11 is 0. The van der Waals surface area contributed by atoms with Gasteiger partial charge in [0.25, 0.3) is 0 Å². The first-order chi connectivity index (χ1) is 6.15. The molecule has 0 spiro atoms. The fourth-order valence-electron chi connectivity index (χ4n) is 1.54. The van der Waals surface area contributed by atoms with Crippen molar-refractivity contribution < 1.29 is 0 Å².